The number of nitrogens with two attached hydrogens (primary N) is 2. The van der Waals surface area contributed by atoms with Crippen LogP contribution in [0.3, 0.4) is 0 Å². The van der Waals surface area contributed by atoms with Gasteiger partial charge in [0.05, 0.1) is 0 Å². The summed E-state index contributed by atoms with van der Waals surface area (Å²) < 4.78 is 0. The molecule has 1 atom stereocenters. The number of benzene rings is 3. The van der Waals surface area contributed by atoms with E-state index in [4.69, 9.17) is 11.5 Å². The van der Waals surface area contributed by atoms with Crippen molar-refractivity contribution >= 4 is 10.8 Å². The van der Waals surface area contributed by atoms with Gasteiger partial charge in [-0.2, -0.15) is 0 Å². The van der Waals surface area contributed by atoms with Crippen molar-refractivity contribution in [1.82, 2.24) is 0 Å². The molecule has 0 aliphatic heterocycles. The smallest absolute Gasteiger partial charge is 0.121 e. The fourth-order valence-electron chi connectivity index (χ4n) is 3.28. The molecule has 0 fully saturated rings. The normalized spacial score (nSPS) is 12.4. The van der Waals surface area contributed by atoms with Crippen molar-refractivity contribution in [2.24, 2.45) is 11.5 Å². The van der Waals surface area contributed by atoms with E-state index in [0.717, 1.165) is 46.7 Å². The zero-order valence-electron chi connectivity index (χ0n) is 13.8. The minimum absolute atomic E-state index is 0.189. The quantitative estimate of drug-likeness (QED) is 0.592. The van der Waals surface area contributed by atoms with Gasteiger partial charge in [-0.1, -0.05) is 61.0 Å². The number of rotatable bonds is 6. The summed E-state index contributed by atoms with van der Waals surface area (Å²) in [7, 11) is 0. The highest BCUT2D eigenvalue weighted by molar-refractivity contribution is 6.00. The van der Waals surface area contributed by atoms with Crippen LogP contribution in [0.15, 0.2) is 60.7 Å². The van der Waals surface area contributed by atoms with Crippen molar-refractivity contribution in [3.63, 3.8) is 0 Å². The van der Waals surface area contributed by atoms with E-state index in [1.807, 2.05) is 42.5 Å². The van der Waals surface area contributed by atoms with E-state index < -0.39 is 0 Å². The van der Waals surface area contributed by atoms with Crippen LogP contribution in [0.2, 0.25) is 0 Å². The van der Waals surface area contributed by atoms with E-state index in [-0.39, 0.29) is 11.8 Å². The lowest BCUT2D eigenvalue weighted by molar-refractivity contribution is 0.458. The Morgan fingerprint density at radius 3 is 2.25 bits per heavy atom. The molecular weight excluding hydrogens is 296 g/mol. The molecule has 0 radical (unpaired) electrons. The fraction of sp³-hybridized carbons (Fsp3) is 0.238. The average Bonchev–Trinajstić information content (AvgIpc) is 2.62. The molecule has 3 aromatic rings. The summed E-state index contributed by atoms with van der Waals surface area (Å²) in [6.45, 7) is 0.673. The predicted octanol–water partition coefficient (Wildman–Crippen LogP) is 4.34. The van der Waals surface area contributed by atoms with Crippen molar-refractivity contribution < 1.29 is 5.11 Å². The monoisotopic (exact) mass is 320 g/mol. The van der Waals surface area contributed by atoms with Crippen LogP contribution in [0.4, 0.5) is 0 Å². The average molecular weight is 320 g/mol. The summed E-state index contributed by atoms with van der Waals surface area (Å²) in [6.07, 6.45) is 2.74. The van der Waals surface area contributed by atoms with Crippen LogP contribution in [-0.4, -0.2) is 11.7 Å². The molecule has 24 heavy (non-hydrogen) atoms. The van der Waals surface area contributed by atoms with Crippen molar-refractivity contribution in [1.29, 1.82) is 0 Å². The number of fused-ring (bicyclic) bond motifs is 1. The Balaban J connectivity index is 2.11. The third-order valence-corrected chi connectivity index (χ3v) is 4.49. The first kappa shape index (κ1) is 16.5. The molecule has 0 amide bonds. The summed E-state index contributed by atoms with van der Waals surface area (Å²) in [5, 5.41) is 12.8. The summed E-state index contributed by atoms with van der Waals surface area (Å²) in [5.74, 6) is 0.271. The lowest BCUT2D eigenvalue weighted by Crippen LogP contribution is -2.12. The summed E-state index contributed by atoms with van der Waals surface area (Å²) in [4.78, 5) is 0. The van der Waals surface area contributed by atoms with E-state index in [0.29, 0.717) is 6.54 Å². The largest absolute Gasteiger partial charge is 0.508 e. The number of aromatic hydroxyl groups is 1. The van der Waals surface area contributed by atoms with Crippen LogP contribution in [-0.2, 0) is 0 Å². The van der Waals surface area contributed by atoms with Gasteiger partial charge >= 0.3 is 0 Å². The maximum absolute atomic E-state index is 10.7. The Kier molecular flexibility index (Phi) is 5.14. The second-order valence-electron chi connectivity index (χ2n) is 6.16. The van der Waals surface area contributed by atoms with Gasteiger partial charge in [-0.25, -0.2) is 0 Å². The Bertz CT molecular complexity index is 815. The third-order valence-electron chi connectivity index (χ3n) is 4.49. The summed E-state index contributed by atoms with van der Waals surface area (Å²) in [5.41, 5.74) is 14.9. The highest BCUT2D eigenvalue weighted by Gasteiger charge is 2.17. The SMILES string of the molecule is NCCCCC(N)c1c(O)cc(-c2ccccc2)c2ccccc12. The van der Waals surface area contributed by atoms with Crippen LogP contribution in [0.1, 0.15) is 30.9 Å². The summed E-state index contributed by atoms with van der Waals surface area (Å²) in [6, 6.07) is 19.9. The molecule has 0 spiro atoms. The van der Waals surface area contributed by atoms with Gasteiger partial charge in [0.25, 0.3) is 0 Å². The first-order chi connectivity index (χ1) is 11.7. The van der Waals surface area contributed by atoms with Crippen LogP contribution >= 0.6 is 0 Å². The Labute approximate surface area is 142 Å². The van der Waals surface area contributed by atoms with Gasteiger partial charge in [-0.15, -0.1) is 0 Å². The molecule has 0 saturated carbocycles. The number of unbranched alkanes of at least 4 members (excludes halogenated alkanes) is 1. The van der Waals surface area contributed by atoms with Gasteiger partial charge in [-0.3, -0.25) is 0 Å². The molecule has 0 heterocycles. The lowest BCUT2D eigenvalue weighted by atomic mass is 9.90. The molecule has 3 rings (SSSR count). The second kappa shape index (κ2) is 7.47. The van der Waals surface area contributed by atoms with Crippen molar-refractivity contribution in [3.05, 3.63) is 66.2 Å². The molecule has 0 aliphatic rings. The molecule has 0 aliphatic carbocycles. The van der Waals surface area contributed by atoms with E-state index in [2.05, 4.69) is 18.2 Å². The van der Waals surface area contributed by atoms with Gasteiger partial charge in [0, 0.05) is 11.6 Å². The molecular formula is C21H24N2O. The Morgan fingerprint density at radius 2 is 1.54 bits per heavy atom. The van der Waals surface area contributed by atoms with Gasteiger partial charge in [0.15, 0.2) is 0 Å². The minimum Gasteiger partial charge on any atom is -0.508 e. The number of phenolic OH excluding ortho intramolecular Hbond substituents is 1. The molecule has 0 saturated heterocycles. The molecule has 1 unspecified atom stereocenters. The summed E-state index contributed by atoms with van der Waals surface area (Å²) >= 11 is 0. The van der Waals surface area contributed by atoms with Crippen molar-refractivity contribution in [2.75, 3.05) is 6.54 Å². The van der Waals surface area contributed by atoms with Crippen LogP contribution in [0.5, 0.6) is 5.75 Å². The number of hydrogen-bond acceptors (Lipinski definition) is 3. The first-order valence-electron chi connectivity index (χ1n) is 8.48. The highest BCUT2D eigenvalue weighted by Crippen LogP contribution is 2.39. The zero-order chi connectivity index (χ0) is 16.9. The minimum atomic E-state index is -0.189. The van der Waals surface area contributed by atoms with Crippen molar-refractivity contribution in [3.8, 4) is 16.9 Å². The maximum atomic E-state index is 10.7. The molecule has 5 N–H and O–H groups in total. The van der Waals surface area contributed by atoms with E-state index in [1.165, 1.54) is 0 Å². The Hall–Kier alpha value is -2.36. The topological polar surface area (TPSA) is 72.3 Å². The lowest BCUT2D eigenvalue weighted by Gasteiger charge is -2.19. The standard InChI is InChI=1S/C21H24N2O/c22-13-7-6-12-19(23)21-17-11-5-4-10-16(17)18(14-20(21)24)15-8-2-1-3-9-15/h1-5,8-11,14,19,24H,6-7,12-13,22-23H2. The van der Waals surface area contributed by atoms with E-state index in [1.54, 1.807) is 0 Å². The molecule has 124 valence electrons. The van der Waals surface area contributed by atoms with Crippen LogP contribution in [0, 0.1) is 0 Å². The number of phenols is 1. The molecule has 3 heteroatoms. The van der Waals surface area contributed by atoms with Crippen LogP contribution < -0.4 is 11.5 Å². The van der Waals surface area contributed by atoms with Gasteiger partial charge in [0.1, 0.15) is 5.75 Å². The zero-order valence-corrected chi connectivity index (χ0v) is 13.8. The third kappa shape index (κ3) is 3.28. The van der Waals surface area contributed by atoms with Crippen LogP contribution in [0.25, 0.3) is 21.9 Å². The maximum Gasteiger partial charge on any atom is 0.121 e. The van der Waals surface area contributed by atoms with Crippen molar-refractivity contribution in [2.45, 2.75) is 25.3 Å². The molecule has 3 nitrogen and oxygen atoms in total. The second-order valence-corrected chi connectivity index (χ2v) is 6.16. The number of hydrogen-bond donors (Lipinski definition) is 3. The molecule has 0 bridgehead atoms. The molecule has 0 aromatic heterocycles. The molecule has 3 aromatic carbocycles. The van der Waals surface area contributed by atoms with Gasteiger partial charge < -0.3 is 16.6 Å². The van der Waals surface area contributed by atoms with Gasteiger partial charge in [-0.05, 0) is 47.4 Å². The van der Waals surface area contributed by atoms with Gasteiger partial charge in [0.2, 0.25) is 0 Å². The first-order valence-corrected chi connectivity index (χ1v) is 8.48. The Morgan fingerprint density at radius 1 is 0.875 bits per heavy atom. The van der Waals surface area contributed by atoms with E-state index >= 15 is 0 Å². The fourth-order valence-corrected chi connectivity index (χ4v) is 3.28. The highest BCUT2D eigenvalue weighted by atomic mass is 16.3. The predicted molar refractivity (Wildman–Crippen MR) is 101 cm³/mol. The van der Waals surface area contributed by atoms with E-state index in [9.17, 15) is 5.11 Å².